The fourth-order valence-electron chi connectivity index (χ4n) is 1.87. The number of hydrogen-bond acceptors (Lipinski definition) is 6. The van der Waals surface area contributed by atoms with Gasteiger partial charge in [0.1, 0.15) is 19.0 Å². The lowest BCUT2D eigenvalue weighted by Gasteiger charge is -2.09. The summed E-state index contributed by atoms with van der Waals surface area (Å²) in [5.41, 5.74) is 0.731. The molecule has 0 spiro atoms. The van der Waals surface area contributed by atoms with Crippen LogP contribution in [0, 0.1) is 0 Å². The van der Waals surface area contributed by atoms with Crippen LogP contribution in [-0.4, -0.2) is 72.0 Å². The molecular weight excluding hydrogens is 345 g/mol. The lowest BCUT2D eigenvalue weighted by molar-refractivity contribution is -0.114. The number of carbonyl (C=O) groups is 1. The first kappa shape index (κ1) is 22.3. The van der Waals surface area contributed by atoms with Crippen LogP contribution in [-0.2, 0) is 23.7 Å². The number of halogens is 1. The molecule has 1 N–H and O–H groups in total. The second kappa shape index (κ2) is 15.5. The topological polar surface area (TPSA) is 75.3 Å². The van der Waals surface area contributed by atoms with E-state index in [1.807, 2.05) is 0 Å². The molecule has 0 heterocycles. The molecule has 0 atom stereocenters. The zero-order valence-corrected chi connectivity index (χ0v) is 15.2. The largest absolute Gasteiger partial charge is 0.491 e. The number of hydrogen-bond donors (Lipinski definition) is 1. The summed E-state index contributed by atoms with van der Waals surface area (Å²) in [5.74, 6) is 0.607. The number of anilines is 1. The second-order valence-electron chi connectivity index (χ2n) is 5.19. The average molecular weight is 373 g/mol. The lowest BCUT2D eigenvalue weighted by atomic mass is 10.3. The first-order valence-corrected chi connectivity index (χ1v) is 8.59. The first-order valence-electron chi connectivity index (χ1n) is 8.59. The molecule has 1 aromatic rings. The van der Waals surface area contributed by atoms with Gasteiger partial charge in [0.25, 0.3) is 0 Å². The number of nitrogens with one attached hydrogen (secondary N) is 1. The standard InChI is InChI=1S/C18H28FNO6/c1-16(21)20-17-2-4-18(5-3-17)26-15-14-25-13-12-24-11-10-23-9-8-22-7-6-19/h2-5H,6-15H2,1H3,(H,20,21). The minimum Gasteiger partial charge on any atom is -0.491 e. The molecule has 0 aliphatic carbocycles. The molecule has 0 saturated carbocycles. The monoisotopic (exact) mass is 373 g/mol. The number of carbonyl (C=O) groups excluding carboxylic acids is 1. The maximum atomic E-state index is 11.7. The highest BCUT2D eigenvalue weighted by Gasteiger charge is 1.98. The Morgan fingerprint density at radius 1 is 0.808 bits per heavy atom. The van der Waals surface area contributed by atoms with Crippen LogP contribution in [0.25, 0.3) is 0 Å². The third kappa shape index (κ3) is 12.6. The van der Waals surface area contributed by atoms with E-state index in [0.29, 0.717) is 58.6 Å². The van der Waals surface area contributed by atoms with E-state index in [0.717, 1.165) is 5.69 Å². The maximum absolute atomic E-state index is 11.7. The normalized spacial score (nSPS) is 10.7. The Morgan fingerprint density at radius 3 is 1.73 bits per heavy atom. The summed E-state index contributed by atoms with van der Waals surface area (Å²) in [6.45, 7) is 4.72. The molecule has 0 saturated heterocycles. The van der Waals surface area contributed by atoms with Gasteiger partial charge in [-0.2, -0.15) is 0 Å². The highest BCUT2D eigenvalue weighted by atomic mass is 19.1. The molecule has 26 heavy (non-hydrogen) atoms. The van der Waals surface area contributed by atoms with Crippen molar-refractivity contribution in [2.45, 2.75) is 6.92 Å². The van der Waals surface area contributed by atoms with Crippen LogP contribution in [0.1, 0.15) is 6.92 Å². The Hall–Kier alpha value is -1.74. The predicted octanol–water partition coefficient (Wildman–Crippen LogP) is 2.06. The van der Waals surface area contributed by atoms with Crippen molar-refractivity contribution in [1.29, 1.82) is 0 Å². The number of alkyl halides is 1. The molecule has 7 nitrogen and oxygen atoms in total. The van der Waals surface area contributed by atoms with Gasteiger partial charge in [0.05, 0.1) is 52.9 Å². The number of ether oxygens (including phenoxy) is 5. The molecule has 0 aromatic heterocycles. The molecule has 1 aromatic carbocycles. The van der Waals surface area contributed by atoms with Gasteiger partial charge in [-0.3, -0.25) is 4.79 Å². The van der Waals surface area contributed by atoms with Gasteiger partial charge in [0.2, 0.25) is 5.91 Å². The minimum absolute atomic E-state index is 0.108. The van der Waals surface area contributed by atoms with Crippen molar-refractivity contribution in [2.75, 3.05) is 71.5 Å². The van der Waals surface area contributed by atoms with Gasteiger partial charge in [-0.15, -0.1) is 0 Å². The van der Waals surface area contributed by atoms with Crippen molar-refractivity contribution in [2.24, 2.45) is 0 Å². The Morgan fingerprint density at radius 2 is 1.27 bits per heavy atom. The zero-order chi connectivity index (χ0) is 18.9. The number of rotatable bonds is 16. The third-order valence-corrected chi connectivity index (χ3v) is 3.01. The van der Waals surface area contributed by atoms with Crippen LogP contribution in [0.15, 0.2) is 24.3 Å². The molecule has 0 bridgehead atoms. The molecule has 0 fully saturated rings. The van der Waals surface area contributed by atoms with E-state index in [1.54, 1.807) is 24.3 Å². The van der Waals surface area contributed by atoms with E-state index in [4.69, 9.17) is 23.7 Å². The van der Waals surface area contributed by atoms with Crippen LogP contribution >= 0.6 is 0 Å². The second-order valence-corrected chi connectivity index (χ2v) is 5.19. The summed E-state index contributed by atoms with van der Waals surface area (Å²) in [5, 5.41) is 2.69. The Labute approximate surface area is 153 Å². The number of benzene rings is 1. The van der Waals surface area contributed by atoms with Gasteiger partial charge >= 0.3 is 0 Å². The van der Waals surface area contributed by atoms with Crippen molar-refractivity contribution in [1.82, 2.24) is 0 Å². The van der Waals surface area contributed by atoms with Crippen LogP contribution in [0.4, 0.5) is 10.1 Å². The molecule has 148 valence electrons. The van der Waals surface area contributed by atoms with Crippen LogP contribution in [0.2, 0.25) is 0 Å². The summed E-state index contributed by atoms with van der Waals surface area (Å²) in [7, 11) is 0. The Bertz CT molecular complexity index is 471. The van der Waals surface area contributed by atoms with E-state index >= 15 is 0 Å². The zero-order valence-electron chi connectivity index (χ0n) is 15.2. The fourth-order valence-corrected chi connectivity index (χ4v) is 1.87. The molecule has 0 aliphatic heterocycles. The molecule has 0 radical (unpaired) electrons. The lowest BCUT2D eigenvalue weighted by Crippen LogP contribution is -2.14. The van der Waals surface area contributed by atoms with E-state index < -0.39 is 6.67 Å². The van der Waals surface area contributed by atoms with Crippen LogP contribution in [0.3, 0.4) is 0 Å². The maximum Gasteiger partial charge on any atom is 0.221 e. The molecule has 1 amide bonds. The van der Waals surface area contributed by atoms with E-state index in [1.165, 1.54) is 6.92 Å². The SMILES string of the molecule is CC(=O)Nc1ccc(OCCOCCOCCOCCOCCF)cc1. The summed E-state index contributed by atoms with van der Waals surface area (Å²) >= 11 is 0. The van der Waals surface area contributed by atoms with E-state index in [9.17, 15) is 9.18 Å². The first-order chi connectivity index (χ1) is 12.7. The molecule has 1 rings (SSSR count). The summed E-state index contributed by atoms with van der Waals surface area (Å²) in [4.78, 5) is 10.9. The summed E-state index contributed by atoms with van der Waals surface area (Å²) < 4.78 is 38.2. The summed E-state index contributed by atoms with van der Waals surface area (Å²) in [6.07, 6.45) is 0. The van der Waals surface area contributed by atoms with Gasteiger partial charge in [-0.1, -0.05) is 0 Å². The fraction of sp³-hybridized carbons (Fsp3) is 0.611. The number of amides is 1. The van der Waals surface area contributed by atoms with Crippen molar-refractivity contribution in [3.05, 3.63) is 24.3 Å². The summed E-state index contributed by atoms with van der Waals surface area (Å²) in [6, 6.07) is 7.13. The predicted molar refractivity (Wildman–Crippen MR) is 95.5 cm³/mol. The Kier molecular flexibility index (Phi) is 13.3. The van der Waals surface area contributed by atoms with Gasteiger partial charge in [0.15, 0.2) is 0 Å². The van der Waals surface area contributed by atoms with Gasteiger partial charge in [-0.05, 0) is 24.3 Å². The van der Waals surface area contributed by atoms with Crippen molar-refractivity contribution in [3.8, 4) is 5.75 Å². The van der Waals surface area contributed by atoms with Gasteiger partial charge < -0.3 is 29.0 Å². The van der Waals surface area contributed by atoms with Crippen LogP contribution < -0.4 is 10.1 Å². The molecular formula is C18H28FNO6. The Balaban J connectivity index is 1.87. The van der Waals surface area contributed by atoms with E-state index in [-0.39, 0.29) is 12.5 Å². The van der Waals surface area contributed by atoms with E-state index in [2.05, 4.69) is 5.32 Å². The van der Waals surface area contributed by atoms with Crippen molar-refractivity contribution < 1.29 is 32.9 Å². The van der Waals surface area contributed by atoms with Crippen LogP contribution in [0.5, 0.6) is 5.75 Å². The highest BCUT2D eigenvalue weighted by Crippen LogP contribution is 2.15. The smallest absolute Gasteiger partial charge is 0.221 e. The van der Waals surface area contributed by atoms with Crippen molar-refractivity contribution >= 4 is 11.6 Å². The molecule has 0 aliphatic rings. The molecule has 8 heteroatoms. The quantitative estimate of drug-likeness (QED) is 0.447. The minimum atomic E-state index is -0.473. The third-order valence-electron chi connectivity index (χ3n) is 3.01. The van der Waals surface area contributed by atoms with Gasteiger partial charge in [-0.25, -0.2) is 4.39 Å². The highest BCUT2D eigenvalue weighted by molar-refractivity contribution is 5.88. The average Bonchev–Trinajstić information content (AvgIpc) is 2.63. The van der Waals surface area contributed by atoms with Crippen molar-refractivity contribution in [3.63, 3.8) is 0 Å². The molecule has 0 unspecified atom stereocenters. The van der Waals surface area contributed by atoms with Gasteiger partial charge in [0, 0.05) is 12.6 Å².